The number of aromatic nitrogens is 1. The second-order valence-corrected chi connectivity index (χ2v) is 7.66. The van der Waals surface area contributed by atoms with Crippen LogP contribution < -0.4 is 4.74 Å². The largest absolute Gasteiger partial charge is 0.476 e. The molecule has 1 atom stereocenters. The van der Waals surface area contributed by atoms with Crippen molar-refractivity contribution in [3.8, 4) is 5.88 Å². The zero-order chi connectivity index (χ0) is 18.0. The first-order chi connectivity index (χ1) is 12.7. The van der Waals surface area contributed by atoms with Gasteiger partial charge >= 0.3 is 0 Å². The highest BCUT2D eigenvalue weighted by Crippen LogP contribution is 2.41. The number of thiophene rings is 1. The summed E-state index contributed by atoms with van der Waals surface area (Å²) < 4.78 is 25.0. The van der Waals surface area contributed by atoms with E-state index in [4.69, 9.17) is 9.47 Å². The standard InChI is InChI=1S/C19H21FN2O3S/c20-16-2-1-6-21-18(16)24-7-3-15-4-8-25-19(15)12-22(13-19)17(23)10-14-5-9-26-11-14/h1-2,5-6,9,11,15H,3-4,7-8,10,12-13H2. The zero-order valence-corrected chi connectivity index (χ0v) is 15.2. The number of rotatable bonds is 6. The number of ether oxygens (including phenoxy) is 2. The van der Waals surface area contributed by atoms with Crippen molar-refractivity contribution < 1.29 is 18.7 Å². The maximum absolute atomic E-state index is 13.6. The Labute approximate surface area is 155 Å². The lowest BCUT2D eigenvalue weighted by Crippen LogP contribution is -2.66. The predicted octanol–water partition coefficient (Wildman–Crippen LogP) is 2.91. The van der Waals surface area contributed by atoms with E-state index in [2.05, 4.69) is 4.98 Å². The minimum Gasteiger partial charge on any atom is -0.476 e. The average molecular weight is 376 g/mol. The molecular weight excluding hydrogens is 355 g/mol. The third-order valence-electron chi connectivity index (χ3n) is 5.23. The Bertz CT molecular complexity index is 762. The molecule has 26 heavy (non-hydrogen) atoms. The van der Waals surface area contributed by atoms with Crippen molar-refractivity contribution >= 4 is 17.2 Å². The second kappa shape index (κ2) is 7.32. The SMILES string of the molecule is O=C(Cc1ccsc1)N1CC2(C1)OCCC2CCOc1ncccc1F. The van der Waals surface area contributed by atoms with Crippen LogP contribution in [0.4, 0.5) is 4.39 Å². The van der Waals surface area contributed by atoms with Gasteiger partial charge in [0.25, 0.3) is 0 Å². The molecule has 0 radical (unpaired) electrons. The molecule has 5 nitrogen and oxygen atoms in total. The molecule has 0 bridgehead atoms. The molecule has 7 heteroatoms. The van der Waals surface area contributed by atoms with Crippen molar-refractivity contribution in [3.05, 3.63) is 46.5 Å². The third-order valence-corrected chi connectivity index (χ3v) is 5.97. The highest BCUT2D eigenvalue weighted by Gasteiger charge is 2.53. The van der Waals surface area contributed by atoms with Gasteiger partial charge in [0, 0.05) is 12.8 Å². The second-order valence-electron chi connectivity index (χ2n) is 6.88. The first kappa shape index (κ1) is 17.4. The van der Waals surface area contributed by atoms with Gasteiger partial charge in [-0.25, -0.2) is 9.37 Å². The number of nitrogens with zero attached hydrogens (tertiary/aromatic N) is 2. The summed E-state index contributed by atoms with van der Waals surface area (Å²) in [7, 11) is 0. The summed E-state index contributed by atoms with van der Waals surface area (Å²) in [6.45, 7) is 2.37. The maximum Gasteiger partial charge on any atom is 0.250 e. The summed E-state index contributed by atoms with van der Waals surface area (Å²) in [5.74, 6) is 0.0647. The van der Waals surface area contributed by atoms with Crippen LogP contribution in [0.25, 0.3) is 0 Å². The minimum absolute atomic E-state index is 0.0432. The lowest BCUT2D eigenvalue weighted by molar-refractivity contribution is -0.165. The van der Waals surface area contributed by atoms with Gasteiger partial charge in [0.2, 0.25) is 11.8 Å². The van der Waals surface area contributed by atoms with Crippen molar-refractivity contribution in [2.24, 2.45) is 5.92 Å². The number of amides is 1. The molecule has 4 heterocycles. The van der Waals surface area contributed by atoms with Crippen molar-refractivity contribution in [2.75, 3.05) is 26.3 Å². The molecule has 1 amide bonds. The van der Waals surface area contributed by atoms with Crippen LogP contribution in [0.5, 0.6) is 5.88 Å². The Morgan fingerprint density at radius 2 is 2.35 bits per heavy atom. The molecule has 0 aliphatic carbocycles. The van der Waals surface area contributed by atoms with Crippen LogP contribution in [-0.4, -0.2) is 47.7 Å². The zero-order valence-electron chi connectivity index (χ0n) is 14.4. The fourth-order valence-electron chi connectivity index (χ4n) is 3.77. The molecule has 0 saturated carbocycles. The van der Waals surface area contributed by atoms with Crippen LogP contribution in [0.15, 0.2) is 35.2 Å². The van der Waals surface area contributed by atoms with Crippen LogP contribution in [0.1, 0.15) is 18.4 Å². The van der Waals surface area contributed by atoms with Gasteiger partial charge in [0.05, 0.1) is 26.1 Å². The number of halogens is 1. The summed E-state index contributed by atoms with van der Waals surface area (Å²) in [5, 5.41) is 4.00. The van der Waals surface area contributed by atoms with Crippen LogP contribution >= 0.6 is 11.3 Å². The maximum atomic E-state index is 13.6. The monoisotopic (exact) mass is 376 g/mol. The predicted molar refractivity (Wildman–Crippen MR) is 95.7 cm³/mol. The summed E-state index contributed by atoms with van der Waals surface area (Å²) >= 11 is 1.61. The van der Waals surface area contributed by atoms with Crippen LogP contribution in [0, 0.1) is 11.7 Å². The number of carbonyl (C=O) groups is 1. The van der Waals surface area contributed by atoms with Crippen LogP contribution in [0.2, 0.25) is 0 Å². The molecule has 2 saturated heterocycles. The van der Waals surface area contributed by atoms with Gasteiger partial charge in [-0.15, -0.1) is 0 Å². The molecule has 2 aliphatic heterocycles. The van der Waals surface area contributed by atoms with Gasteiger partial charge in [-0.05, 0) is 53.3 Å². The van der Waals surface area contributed by atoms with E-state index in [1.807, 2.05) is 21.7 Å². The van der Waals surface area contributed by atoms with Gasteiger partial charge in [-0.1, -0.05) is 0 Å². The lowest BCUT2D eigenvalue weighted by Gasteiger charge is -2.50. The Kier molecular flexibility index (Phi) is 4.91. The molecule has 1 spiro atoms. The van der Waals surface area contributed by atoms with Crippen molar-refractivity contribution in [3.63, 3.8) is 0 Å². The number of pyridine rings is 1. The van der Waals surface area contributed by atoms with Gasteiger partial charge in [-0.2, -0.15) is 11.3 Å². The van der Waals surface area contributed by atoms with E-state index in [-0.39, 0.29) is 17.4 Å². The van der Waals surface area contributed by atoms with E-state index in [1.165, 1.54) is 18.3 Å². The molecule has 2 aromatic heterocycles. The first-order valence-electron chi connectivity index (χ1n) is 8.82. The normalized spacial score (nSPS) is 21.0. The lowest BCUT2D eigenvalue weighted by atomic mass is 9.79. The van der Waals surface area contributed by atoms with E-state index in [0.29, 0.717) is 38.6 Å². The quantitative estimate of drug-likeness (QED) is 0.778. The Balaban J connectivity index is 1.28. The van der Waals surface area contributed by atoms with Gasteiger partial charge in [0.15, 0.2) is 5.82 Å². The molecule has 2 aromatic rings. The summed E-state index contributed by atoms with van der Waals surface area (Å²) in [6.07, 6.45) is 3.68. The molecule has 0 aromatic carbocycles. The number of likely N-dealkylation sites (tertiary alicyclic amines) is 1. The highest BCUT2D eigenvalue weighted by atomic mass is 32.1. The van der Waals surface area contributed by atoms with E-state index >= 15 is 0 Å². The highest BCUT2D eigenvalue weighted by molar-refractivity contribution is 7.08. The van der Waals surface area contributed by atoms with E-state index in [0.717, 1.165) is 18.4 Å². The smallest absolute Gasteiger partial charge is 0.250 e. The van der Waals surface area contributed by atoms with Crippen molar-refractivity contribution in [2.45, 2.75) is 24.9 Å². The Morgan fingerprint density at radius 3 is 3.12 bits per heavy atom. The van der Waals surface area contributed by atoms with E-state index in [1.54, 1.807) is 11.3 Å². The Morgan fingerprint density at radius 1 is 1.46 bits per heavy atom. The number of hydrogen-bond acceptors (Lipinski definition) is 5. The molecule has 2 fully saturated rings. The fraction of sp³-hybridized carbons (Fsp3) is 0.474. The molecule has 1 unspecified atom stereocenters. The van der Waals surface area contributed by atoms with Gasteiger partial charge < -0.3 is 14.4 Å². The minimum atomic E-state index is -0.446. The molecular formula is C19H21FN2O3S. The third kappa shape index (κ3) is 3.46. The molecule has 0 N–H and O–H groups in total. The van der Waals surface area contributed by atoms with Crippen molar-refractivity contribution in [1.82, 2.24) is 9.88 Å². The summed E-state index contributed by atoms with van der Waals surface area (Å²) in [5.41, 5.74) is 0.812. The average Bonchev–Trinajstić information content (AvgIpc) is 3.24. The number of hydrogen-bond donors (Lipinski definition) is 0. The molecule has 138 valence electrons. The van der Waals surface area contributed by atoms with E-state index < -0.39 is 5.82 Å². The van der Waals surface area contributed by atoms with Gasteiger partial charge in [0.1, 0.15) is 5.60 Å². The Hall–Kier alpha value is -1.99. The van der Waals surface area contributed by atoms with Gasteiger partial charge in [-0.3, -0.25) is 4.79 Å². The first-order valence-corrected chi connectivity index (χ1v) is 9.77. The van der Waals surface area contributed by atoms with E-state index in [9.17, 15) is 9.18 Å². The molecule has 4 rings (SSSR count). The van der Waals surface area contributed by atoms with Crippen molar-refractivity contribution in [1.29, 1.82) is 0 Å². The topological polar surface area (TPSA) is 51.7 Å². The van der Waals surface area contributed by atoms with Crippen LogP contribution in [0.3, 0.4) is 0 Å². The number of carbonyl (C=O) groups excluding carboxylic acids is 1. The fourth-order valence-corrected chi connectivity index (χ4v) is 4.44. The molecule has 2 aliphatic rings. The summed E-state index contributed by atoms with van der Waals surface area (Å²) in [6, 6.07) is 4.87. The summed E-state index contributed by atoms with van der Waals surface area (Å²) in [4.78, 5) is 18.1. The van der Waals surface area contributed by atoms with Crippen LogP contribution in [-0.2, 0) is 16.0 Å².